The fourth-order valence-corrected chi connectivity index (χ4v) is 1.83. The molecule has 0 saturated carbocycles. The number of rotatable bonds is 5. The maximum absolute atomic E-state index is 12.0. The van der Waals surface area contributed by atoms with E-state index in [1.165, 1.54) is 0 Å². The van der Waals surface area contributed by atoms with Crippen LogP contribution in [0.15, 0.2) is 0 Å². The van der Waals surface area contributed by atoms with E-state index in [9.17, 15) is 4.79 Å². The largest absolute Gasteiger partial charge is 0.460 e. The van der Waals surface area contributed by atoms with Crippen molar-refractivity contribution >= 4 is 5.97 Å². The predicted molar refractivity (Wildman–Crippen MR) is 62.3 cm³/mol. The zero-order valence-corrected chi connectivity index (χ0v) is 10.5. The summed E-state index contributed by atoms with van der Waals surface area (Å²) in [7, 11) is 0. The number of esters is 1. The van der Waals surface area contributed by atoms with Crippen LogP contribution < -0.4 is 5.32 Å². The molecule has 0 aromatic carbocycles. The van der Waals surface area contributed by atoms with Crippen LogP contribution in [0.5, 0.6) is 0 Å². The van der Waals surface area contributed by atoms with Gasteiger partial charge in [0.05, 0.1) is 12.0 Å². The monoisotopic (exact) mass is 229 g/mol. The number of ether oxygens (including phenoxy) is 2. The molecule has 0 aromatic heterocycles. The molecular formula is C12H23NO3. The molecule has 94 valence electrons. The lowest BCUT2D eigenvalue weighted by Gasteiger charge is -2.32. The van der Waals surface area contributed by atoms with Gasteiger partial charge in [-0.3, -0.25) is 4.79 Å². The van der Waals surface area contributed by atoms with Crippen molar-refractivity contribution in [3.05, 3.63) is 0 Å². The summed E-state index contributed by atoms with van der Waals surface area (Å²) in [5, 5.41) is 3.25. The summed E-state index contributed by atoms with van der Waals surface area (Å²) >= 11 is 0. The maximum atomic E-state index is 12.0. The first-order valence-corrected chi connectivity index (χ1v) is 6.08. The Hall–Kier alpha value is -0.610. The van der Waals surface area contributed by atoms with Crippen LogP contribution in [0, 0.1) is 5.41 Å². The molecule has 1 saturated heterocycles. The second kappa shape index (κ2) is 6.21. The van der Waals surface area contributed by atoms with Gasteiger partial charge in [-0.1, -0.05) is 0 Å². The average Bonchev–Trinajstić information content (AvgIpc) is 2.27. The Labute approximate surface area is 97.7 Å². The molecular weight excluding hydrogens is 206 g/mol. The number of carbonyl (C=O) groups is 1. The molecule has 0 aliphatic carbocycles. The van der Waals surface area contributed by atoms with Crippen molar-refractivity contribution in [1.29, 1.82) is 0 Å². The normalized spacial score (nSPS) is 21.4. The Balaban J connectivity index is 2.38. The third-order valence-corrected chi connectivity index (χ3v) is 3.06. The smallest absolute Gasteiger partial charge is 0.312 e. The number of nitrogens with one attached hydrogen (secondary N) is 1. The minimum atomic E-state index is -0.314. The zero-order valence-electron chi connectivity index (χ0n) is 10.5. The van der Waals surface area contributed by atoms with E-state index in [4.69, 9.17) is 9.47 Å². The summed E-state index contributed by atoms with van der Waals surface area (Å²) in [6.07, 6.45) is 1.56. The first kappa shape index (κ1) is 13.5. The van der Waals surface area contributed by atoms with Crippen molar-refractivity contribution in [2.45, 2.75) is 39.7 Å². The molecule has 1 atom stereocenters. The van der Waals surface area contributed by atoms with Crippen molar-refractivity contribution < 1.29 is 14.3 Å². The Kier molecular flexibility index (Phi) is 5.22. The summed E-state index contributed by atoms with van der Waals surface area (Å²) in [4.78, 5) is 12.0. The van der Waals surface area contributed by atoms with Crippen LogP contribution in [-0.2, 0) is 14.3 Å². The summed E-state index contributed by atoms with van der Waals surface area (Å²) < 4.78 is 10.6. The van der Waals surface area contributed by atoms with Gasteiger partial charge in [-0.2, -0.15) is 0 Å². The lowest BCUT2D eigenvalue weighted by Crippen LogP contribution is -2.42. The van der Waals surface area contributed by atoms with E-state index in [2.05, 4.69) is 5.32 Å². The summed E-state index contributed by atoms with van der Waals surface area (Å²) in [6, 6.07) is 0. The molecule has 4 nitrogen and oxygen atoms in total. The van der Waals surface area contributed by atoms with Crippen LogP contribution in [0.1, 0.15) is 33.6 Å². The van der Waals surface area contributed by atoms with E-state index in [1.54, 1.807) is 0 Å². The zero-order chi connectivity index (χ0) is 12.0. The SMILES string of the molecule is CCOCC(C)OC(=O)C1(C)CCNCC1. The van der Waals surface area contributed by atoms with Crippen molar-refractivity contribution in [1.82, 2.24) is 5.32 Å². The molecule has 1 N–H and O–H groups in total. The molecule has 0 aromatic rings. The summed E-state index contributed by atoms with van der Waals surface area (Å²) in [6.45, 7) is 8.72. The van der Waals surface area contributed by atoms with Gasteiger partial charge in [0.25, 0.3) is 0 Å². The van der Waals surface area contributed by atoms with Gasteiger partial charge < -0.3 is 14.8 Å². The Morgan fingerprint density at radius 2 is 2.06 bits per heavy atom. The Morgan fingerprint density at radius 3 is 2.62 bits per heavy atom. The highest BCUT2D eigenvalue weighted by atomic mass is 16.6. The van der Waals surface area contributed by atoms with Gasteiger partial charge in [0.1, 0.15) is 6.10 Å². The fourth-order valence-electron chi connectivity index (χ4n) is 1.83. The lowest BCUT2D eigenvalue weighted by atomic mass is 9.81. The van der Waals surface area contributed by atoms with E-state index in [0.717, 1.165) is 25.9 Å². The Bertz CT molecular complexity index is 224. The predicted octanol–water partition coefficient (Wildman–Crippen LogP) is 1.34. The Morgan fingerprint density at radius 1 is 1.44 bits per heavy atom. The third kappa shape index (κ3) is 3.76. The van der Waals surface area contributed by atoms with Crippen molar-refractivity contribution in [3.63, 3.8) is 0 Å². The molecule has 16 heavy (non-hydrogen) atoms. The van der Waals surface area contributed by atoms with Crippen LogP contribution in [0.4, 0.5) is 0 Å². The first-order chi connectivity index (χ1) is 7.58. The summed E-state index contributed by atoms with van der Waals surface area (Å²) in [5.74, 6) is -0.0822. The molecule has 1 heterocycles. The van der Waals surface area contributed by atoms with Crippen molar-refractivity contribution in [3.8, 4) is 0 Å². The standard InChI is InChI=1S/C12H23NO3/c1-4-15-9-10(2)16-11(14)12(3)5-7-13-8-6-12/h10,13H,4-9H2,1-3H3. The van der Waals surface area contributed by atoms with Crippen molar-refractivity contribution in [2.24, 2.45) is 5.41 Å². The van der Waals surface area contributed by atoms with Crippen LogP contribution >= 0.6 is 0 Å². The minimum Gasteiger partial charge on any atom is -0.460 e. The van der Waals surface area contributed by atoms with E-state index in [-0.39, 0.29) is 17.5 Å². The van der Waals surface area contributed by atoms with E-state index in [1.807, 2.05) is 20.8 Å². The highest BCUT2D eigenvalue weighted by molar-refractivity contribution is 5.76. The van der Waals surface area contributed by atoms with Crippen LogP contribution in [0.3, 0.4) is 0 Å². The van der Waals surface area contributed by atoms with E-state index >= 15 is 0 Å². The van der Waals surface area contributed by atoms with Crippen LogP contribution in [0.2, 0.25) is 0 Å². The molecule has 1 aliphatic rings. The van der Waals surface area contributed by atoms with Gasteiger partial charge in [-0.15, -0.1) is 0 Å². The van der Waals surface area contributed by atoms with Gasteiger partial charge in [0, 0.05) is 6.61 Å². The molecule has 1 aliphatic heterocycles. The number of piperidine rings is 1. The van der Waals surface area contributed by atoms with Gasteiger partial charge >= 0.3 is 5.97 Å². The van der Waals surface area contributed by atoms with Gasteiger partial charge in [0.15, 0.2) is 0 Å². The highest BCUT2D eigenvalue weighted by Gasteiger charge is 2.36. The second-order valence-corrected chi connectivity index (χ2v) is 4.69. The minimum absolute atomic E-state index is 0.0822. The molecule has 0 radical (unpaired) electrons. The number of carbonyl (C=O) groups excluding carboxylic acids is 1. The topological polar surface area (TPSA) is 47.6 Å². The van der Waals surface area contributed by atoms with E-state index < -0.39 is 0 Å². The van der Waals surface area contributed by atoms with Crippen molar-refractivity contribution in [2.75, 3.05) is 26.3 Å². The molecule has 0 amide bonds. The highest BCUT2D eigenvalue weighted by Crippen LogP contribution is 2.29. The maximum Gasteiger partial charge on any atom is 0.312 e. The third-order valence-electron chi connectivity index (χ3n) is 3.06. The molecule has 1 fully saturated rings. The fraction of sp³-hybridized carbons (Fsp3) is 0.917. The number of hydrogen-bond donors (Lipinski definition) is 1. The van der Waals surface area contributed by atoms with Crippen LogP contribution in [-0.4, -0.2) is 38.4 Å². The number of hydrogen-bond acceptors (Lipinski definition) is 4. The molecule has 1 rings (SSSR count). The van der Waals surface area contributed by atoms with Gasteiger partial charge in [-0.05, 0) is 46.7 Å². The van der Waals surface area contributed by atoms with E-state index in [0.29, 0.717) is 13.2 Å². The quantitative estimate of drug-likeness (QED) is 0.723. The average molecular weight is 229 g/mol. The molecule has 1 unspecified atom stereocenters. The van der Waals surface area contributed by atoms with Gasteiger partial charge in [-0.25, -0.2) is 0 Å². The van der Waals surface area contributed by atoms with Gasteiger partial charge in [0.2, 0.25) is 0 Å². The second-order valence-electron chi connectivity index (χ2n) is 4.69. The summed E-state index contributed by atoms with van der Waals surface area (Å²) in [5.41, 5.74) is -0.314. The lowest BCUT2D eigenvalue weighted by molar-refractivity contribution is -0.164. The van der Waals surface area contributed by atoms with Crippen LogP contribution in [0.25, 0.3) is 0 Å². The molecule has 0 bridgehead atoms. The molecule has 4 heteroatoms. The molecule has 0 spiro atoms. The first-order valence-electron chi connectivity index (χ1n) is 6.08.